The van der Waals surface area contributed by atoms with Crippen molar-refractivity contribution in [2.45, 2.75) is 13.3 Å². The third-order valence-corrected chi connectivity index (χ3v) is 3.47. The van der Waals surface area contributed by atoms with E-state index in [0.29, 0.717) is 11.4 Å². The van der Waals surface area contributed by atoms with Gasteiger partial charge < -0.3 is 11.1 Å². The lowest BCUT2D eigenvalue weighted by Gasteiger charge is -2.05. The first-order valence-corrected chi connectivity index (χ1v) is 7.69. The van der Waals surface area contributed by atoms with E-state index in [0.717, 1.165) is 17.5 Å². The fourth-order valence-corrected chi connectivity index (χ4v) is 2.17. The molecule has 0 atom stereocenters. The molecule has 0 fully saturated rings. The van der Waals surface area contributed by atoms with Gasteiger partial charge in [0.2, 0.25) is 0 Å². The van der Waals surface area contributed by atoms with Crippen molar-refractivity contribution >= 4 is 11.4 Å². The average Bonchev–Trinajstić information content (AvgIpc) is 2.60. The Morgan fingerprint density at radius 2 is 1.65 bits per heavy atom. The monoisotopic (exact) mass is 302 g/mol. The van der Waals surface area contributed by atoms with E-state index in [1.807, 2.05) is 67.6 Å². The molecule has 3 N–H and O–H groups in total. The summed E-state index contributed by atoms with van der Waals surface area (Å²) in [6.45, 7) is 2.00. The number of nitrogens with one attached hydrogen (secondary N) is 1. The molecule has 0 aliphatic heterocycles. The lowest BCUT2D eigenvalue weighted by molar-refractivity contribution is 1.26. The quantitative estimate of drug-likeness (QED) is 0.588. The van der Waals surface area contributed by atoms with E-state index in [2.05, 4.69) is 18.2 Å². The van der Waals surface area contributed by atoms with Gasteiger partial charge in [-0.3, -0.25) is 0 Å². The van der Waals surface area contributed by atoms with Crippen LogP contribution in [0.15, 0.2) is 85.0 Å². The van der Waals surface area contributed by atoms with Crippen molar-refractivity contribution in [3.63, 3.8) is 0 Å². The molecule has 2 aromatic carbocycles. The number of benzene rings is 2. The first-order valence-electron chi connectivity index (χ1n) is 7.69. The largest absolute Gasteiger partial charge is 0.398 e. The molecule has 0 saturated carbocycles. The molecule has 0 unspecified atom stereocenters. The van der Waals surface area contributed by atoms with Crippen LogP contribution in [0.2, 0.25) is 0 Å². The summed E-state index contributed by atoms with van der Waals surface area (Å²) in [5.41, 5.74) is 10.2. The van der Waals surface area contributed by atoms with Gasteiger partial charge in [-0.15, -0.1) is 0 Å². The van der Waals surface area contributed by atoms with Crippen LogP contribution in [0, 0.1) is 5.41 Å². The minimum Gasteiger partial charge on any atom is -0.398 e. The fraction of sp³-hybridized carbons (Fsp3) is 0.0952. The molecule has 2 nitrogen and oxygen atoms in total. The van der Waals surface area contributed by atoms with Crippen LogP contribution in [-0.4, -0.2) is 5.71 Å². The Hall–Kier alpha value is -2.87. The van der Waals surface area contributed by atoms with Crippen LogP contribution in [0.25, 0.3) is 5.70 Å². The van der Waals surface area contributed by atoms with Crippen LogP contribution in [0.5, 0.6) is 0 Å². The molecule has 0 aliphatic carbocycles. The van der Waals surface area contributed by atoms with E-state index in [1.165, 1.54) is 5.56 Å². The molecule has 0 bridgehead atoms. The Bertz CT molecular complexity index is 720. The van der Waals surface area contributed by atoms with E-state index in [1.54, 1.807) is 6.08 Å². The highest BCUT2D eigenvalue weighted by atomic mass is 14.6. The van der Waals surface area contributed by atoms with Crippen molar-refractivity contribution in [3.05, 3.63) is 102 Å². The second-order valence-corrected chi connectivity index (χ2v) is 5.23. The molecule has 2 heteroatoms. The van der Waals surface area contributed by atoms with Gasteiger partial charge in [0, 0.05) is 5.70 Å². The third-order valence-electron chi connectivity index (χ3n) is 3.47. The van der Waals surface area contributed by atoms with Gasteiger partial charge in [0.25, 0.3) is 0 Å². The highest BCUT2D eigenvalue weighted by Gasteiger charge is 2.01. The number of rotatable bonds is 6. The number of hydrogen-bond acceptors (Lipinski definition) is 2. The molecule has 0 spiro atoms. The van der Waals surface area contributed by atoms with E-state index in [4.69, 9.17) is 11.1 Å². The van der Waals surface area contributed by atoms with Crippen LogP contribution >= 0.6 is 0 Å². The summed E-state index contributed by atoms with van der Waals surface area (Å²) in [5.74, 6) is 0. The molecule has 0 saturated heterocycles. The van der Waals surface area contributed by atoms with Crippen molar-refractivity contribution in [2.24, 2.45) is 5.73 Å². The number of allylic oxidation sites excluding steroid dienone is 5. The van der Waals surface area contributed by atoms with E-state index < -0.39 is 0 Å². The standard InChI is InChI=1S/C21H22N2/c1-2-3-4-6-9-17-12-14-19(15-13-17)21(23)16-20(22)18-10-7-5-8-11-18/h2-8,10-16,22H,9,23H2,1H3/b3-2-,6-4-,21-16-,22-20?. The lowest BCUT2D eigenvalue weighted by Crippen LogP contribution is -2.02. The van der Waals surface area contributed by atoms with Crippen LogP contribution in [0.4, 0.5) is 0 Å². The van der Waals surface area contributed by atoms with E-state index in [9.17, 15) is 0 Å². The van der Waals surface area contributed by atoms with Gasteiger partial charge in [0.15, 0.2) is 0 Å². The predicted molar refractivity (Wildman–Crippen MR) is 99.5 cm³/mol. The smallest absolute Gasteiger partial charge is 0.0632 e. The molecule has 0 aliphatic rings. The van der Waals surface area contributed by atoms with Crippen molar-refractivity contribution in [2.75, 3.05) is 0 Å². The third kappa shape index (κ3) is 5.11. The normalized spacial score (nSPS) is 12.1. The topological polar surface area (TPSA) is 49.9 Å². The molecule has 0 amide bonds. The lowest BCUT2D eigenvalue weighted by atomic mass is 10.0. The molecule has 2 rings (SSSR count). The van der Waals surface area contributed by atoms with E-state index in [-0.39, 0.29) is 0 Å². The van der Waals surface area contributed by atoms with E-state index >= 15 is 0 Å². The molecule has 23 heavy (non-hydrogen) atoms. The number of nitrogens with two attached hydrogens (primary N) is 1. The Morgan fingerprint density at radius 3 is 2.30 bits per heavy atom. The zero-order chi connectivity index (χ0) is 16.5. The highest BCUT2D eigenvalue weighted by Crippen LogP contribution is 2.13. The maximum absolute atomic E-state index is 8.11. The molecule has 2 aromatic rings. The SMILES string of the molecule is C/C=C\C=C/Cc1ccc(/C(N)=C/C(=N)c2ccccc2)cc1. The number of hydrogen-bond donors (Lipinski definition) is 2. The highest BCUT2D eigenvalue weighted by molar-refractivity contribution is 6.09. The van der Waals surface area contributed by atoms with Gasteiger partial charge in [0.05, 0.1) is 5.71 Å². The van der Waals surface area contributed by atoms with Crippen molar-refractivity contribution in [1.29, 1.82) is 5.41 Å². The van der Waals surface area contributed by atoms with Gasteiger partial charge >= 0.3 is 0 Å². The van der Waals surface area contributed by atoms with Crippen molar-refractivity contribution in [3.8, 4) is 0 Å². The second-order valence-electron chi connectivity index (χ2n) is 5.23. The molecule has 0 radical (unpaired) electrons. The molecule has 0 aromatic heterocycles. The summed E-state index contributed by atoms with van der Waals surface area (Å²) in [7, 11) is 0. The molecular weight excluding hydrogens is 280 g/mol. The second kappa shape index (κ2) is 8.54. The van der Waals surface area contributed by atoms with Crippen molar-refractivity contribution in [1.82, 2.24) is 0 Å². The predicted octanol–water partition coefficient (Wildman–Crippen LogP) is 4.73. The average molecular weight is 302 g/mol. The maximum Gasteiger partial charge on any atom is 0.0632 e. The van der Waals surface area contributed by atoms with Gasteiger partial charge in [0.1, 0.15) is 0 Å². The minimum absolute atomic E-state index is 0.418. The molecule has 116 valence electrons. The van der Waals surface area contributed by atoms with Gasteiger partial charge in [-0.05, 0) is 36.1 Å². The zero-order valence-corrected chi connectivity index (χ0v) is 13.4. The first-order chi connectivity index (χ1) is 11.2. The summed E-state index contributed by atoms with van der Waals surface area (Å²) >= 11 is 0. The Kier molecular flexibility index (Phi) is 6.13. The summed E-state index contributed by atoms with van der Waals surface area (Å²) < 4.78 is 0. The fourth-order valence-electron chi connectivity index (χ4n) is 2.17. The van der Waals surface area contributed by atoms with Crippen LogP contribution < -0.4 is 5.73 Å². The molecular formula is C21H22N2. The van der Waals surface area contributed by atoms with Crippen LogP contribution in [-0.2, 0) is 6.42 Å². The zero-order valence-electron chi connectivity index (χ0n) is 13.4. The van der Waals surface area contributed by atoms with Crippen LogP contribution in [0.3, 0.4) is 0 Å². The Balaban J connectivity index is 2.06. The van der Waals surface area contributed by atoms with Gasteiger partial charge in [-0.25, -0.2) is 0 Å². The Morgan fingerprint density at radius 1 is 0.957 bits per heavy atom. The van der Waals surface area contributed by atoms with Crippen LogP contribution in [0.1, 0.15) is 23.6 Å². The minimum atomic E-state index is 0.418. The first kappa shape index (κ1) is 16.5. The Labute approximate surface area is 138 Å². The van der Waals surface area contributed by atoms with Crippen molar-refractivity contribution < 1.29 is 0 Å². The summed E-state index contributed by atoms with van der Waals surface area (Å²) in [6.07, 6.45) is 10.8. The molecule has 0 heterocycles. The summed E-state index contributed by atoms with van der Waals surface area (Å²) in [5, 5.41) is 8.11. The summed E-state index contributed by atoms with van der Waals surface area (Å²) in [4.78, 5) is 0. The summed E-state index contributed by atoms with van der Waals surface area (Å²) in [6, 6.07) is 17.7. The van der Waals surface area contributed by atoms with Gasteiger partial charge in [-0.2, -0.15) is 0 Å². The maximum atomic E-state index is 8.11. The van der Waals surface area contributed by atoms with Gasteiger partial charge in [-0.1, -0.05) is 78.9 Å².